The van der Waals surface area contributed by atoms with Crippen LogP contribution in [0.25, 0.3) is 10.9 Å². The zero-order valence-corrected chi connectivity index (χ0v) is 17.9. The molecule has 158 valence electrons. The summed E-state index contributed by atoms with van der Waals surface area (Å²) in [6.45, 7) is 9.29. The Balaban J connectivity index is 1.82. The molecule has 0 aliphatic heterocycles. The number of pyridine rings is 1. The highest BCUT2D eigenvalue weighted by Gasteiger charge is 2.40. The lowest BCUT2D eigenvalue weighted by atomic mass is 9.97. The number of alkyl halides is 2. The van der Waals surface area contributed by atoms with Crippen LogP contribution in [0.1, 0.15) is 67.2 Å². The van der Waals surface area contributed by atoms with Gasteiger partial charge in [-0.15, -0.1) is 0 Å². The van der Waals surface area contributed by atoms with Gasteiger partial charge in [0.2, 0.25) is 0 Å². The van der Waals surface area contributed by atoms with E-state index in [1.807, 2.05) is 19.2 Å². The molecule has 0 bridgehead atoms. The second-order valence-electron chi connectivity index (χ2n) is 8.54. The van der Waals surface area contributed by atoms with Crippen LogP contribution in [-0.2, 0) is 5.54 Å². The molecule has 1 aliphatic rings. The molecule has 1 fully saturated rings. The van der Waals surface area contributed by atoms with Crippen molar-refractivity contribution < 1.29 is 8.78 Å². The highest BCUT2D eigenvalue weighted by molar-refractivity contribution is 5.90. The molecule has 1 N–H and O–H groups in total. The van der Waals surface area contributed by atoms with Gasteiger partial charge in [-0.3, -0.25) is 4.79 Å². The molecule has 0 unspecified atom stereocenters. The number of aryl methyl sites for hydroxylation is 2. The summed E-state index contributed by atoms with van der Waals surface area (Å²) < 4.78 is 28.5. The second-order valence-corrected chi connectivity index (χ2v) is 8.54. The van der Waals surface area contributed by atoms with Gasteiger partial charge in [-0.1, -0.05) is 18.2 Å². The van der Waals surface area contributed by atoms with E-state index in [4.69, 9.17) is 0 Å². The van der Waals surface area contributed by atoms with Crippen LogP contribution >= 0.6 is 0 Å². The minimum Gasteiger partial charge on any atom is -0.363 e. The Morgan fingerprint density at radius 3 is 2.40 bits per heavy atom. The minimum atomic E-state index is -2.52. The number of nitrogens with one attached hydrogen (secondary N) is 1. The maximum atomic E-state index is 13.3. The minimum absolute atomic E-state index is 0.0277. The monoisotopic (exact) mass is 412 g/mol. The van der Waals surface area contributed by atoms with Crippen molar-refractivity contribution in [3.8, 4) is 0 Å². The molecule has 1 aliphatic carbocycles. The summed E-state index contributed by atoms with van der Waals surface area (Å²) in [6.07, 6.45) is 1.25. The zero-order valence-electron chi connectivity index (χ0n) is 17.9. The number of nitrogens with zero attached hydrogens (tertiary/aromatic N) is 3. The van der Waals surface area contributed by atoms with E-state index in [2.05, 4.69) is 22.2 Å². The Morgan fingerprint density at radius 2 is 1.77 bits per heavy atom. The largest absolute Gasteiger partial charge is 0.363 e. The number of aromatic nitrogens is 3. The smallest absolute Gasteiger partial charge is 0.264 e. The molecule has 0 spiro atoms. The van der Waals surface area contributed by atoms with Crippen LogP contribution in [-0.4, -0.2) is 14.5 Å². The summed E-state index contributed by atoms with van der Waals surface area (Å²) >= 11 is 0. The third-order valence-electron chi connectivity index (χ3n) is 6.24. The highest BCUT2D eigenvalue weighted by Crippen LogP contribution is 2.42. The zero-order chi connectivity index (χ0) is 21.8. The van der Waals surface area contributed by atoms with Gasteiger partial charge in [-0.2, -0.15) is 0 Å². The summed E-state index contributed by atoms with van der Waals surface area (Å²) in [6, 6.07) is 4.71. The molecule has 0 amide bonds. The molecular weight excluding hydrogens is 386 g/mol. The van der Waals surface area contributed by atoms with Gasteiger partial charge in [-0.05, 0) is 58.6 Å². The molecule has 0 radical (unpaired) electrons. The molecule has 2 heterocycles. The fourth-order valence-electron chi connectivity index (χ4n) is 4.05. The van der Waals surface area contributed by atoms with Crippen molar-refractivity contribution in [1.29, 1.82) is 0 Å². The molecular formula is C23H26F2N4O. The molecule has 1 aromatic carbocycles. The van der Waals surface area contributed by atoms with E-state index in [1.54, 1.807) is 31.4 Å². The van der Waals surface area contributed by atoms with Crippen molar-refractivity contribution in [1.82, 2.24) is 14.5 Å². The molecule has 7 heteroatoms. The molecule has 5 nitrogen and oxygen atoms in total. The average Bonchev–Trinajstić information content (AvgIpc) is 3.43. The van der Waals surface area contributed by atoms with Crippen LogP contribution in [0, 0.1) is 20.8 Å². The number of anilines is 1. The number of halogens is 2. The van der Waals surface area contributed by atoms with Gasteiger partial charge in [0.15, 0.2) is 0 Å². The molecule has 30 heavy (non-hydrogen) atoms. The number of rotatable bonds is 5. The summed E-state index contributed by atoms with van der Waals surface area (Å²) in [5, 5.41) is 4.15. The SMILES string of the molecule is Cc1nc(N[C@H](C)c2cccc(C(F)F)c2C)c2cn(C3(C)CC3)c(=O)c(C)c2n1. The molecule has 4 rings (SSSR count). The first-order valence-corrected chi connectivity index (χ1v) is 10.2. The standard InChI is InChI=1S/C23H26F2N4O/c1-12-16(7-6-8-17(12)20(24)25)14(3)26-21-18-11-29(23(5)9-10-23)22(30)13(2)19(18)27-15(4)28-21/h6-8,11,14,20H,9-10H2,1-5H3,(H,26,27,28)/t14-/m1/s1. The van der Waals surface area contributed by atoms with E-state index in [0.29, 0.717) is 28.3 Å². The number of benzene rings is 1. The maximum Gasteiger partial charge on any atom is 0.264 e. The third kappa shape index (κ3) is 3.36. The Kier molecular flexibility index (Phi) is 4.87. The Hall–Kier alpha value is -2.83. The average molecular weight is 412 g/mol. The van der Waals surface area contributed by atoms with Crippen LogP contribution < -0.4 is 10.9 Å². The van der Waals surface area contributed by atoms with Gasteiger partial charge in [0.05, 0.1) is 16.9 Å². The Bertz CT molecular complexity index is 1200. The van der Waals surface area contributed by atoms with Gasteiger partial charge in [0.25, 0.3) is 12.0 Å². The number of hydrogen-bond donors (Lipinski definition) is 1. The van der Waals surface area contributed by atoms with Crippen molar-refractivity contribution in [2.24, 2.45) is 0 Å². The second kappa shape index (κ2) is 7.15. The van der Waals surface area contributed by atoms with Gasteiger partial charge in [-0.25, -0.2) is 18.7 Å². The topological polar surface area (TPSA) is 59.8 Å². The van der Waals surface area contributed by atoms with E-state index >= 15 is 0 Å². The maximum absolute atomic E-state index is 13.3. The fraction of sp³-hybridized carbons (Fsp3) is 0.435. The van der Waals surface area contributed by atoms with E-state index in [-0.39, 0.29) is 22.7 Å². The van der Waals surface area contributed by atoms with Crippen LogP contribution in [0.3, 0.4) is 0 Å². The Morgan fingerprint density at radius 1 is 1.10 bits per heavy atom. The lowest BCUT2D eigenvalue weighted by molar-refractivity contribution is 0.150. The van der Waals surface area contributed by atoms with Crippen molar-refractivity contribution in [3.63, 3.8) is 0 Å². The van der Waals surface area contributed by atoms with Crippen molar-refractivity contribution in [2.45, 2.75) is 65.5 Å². The van der Waals surface area contributed by atoms with E-state index in [9.17, 15) is 13.6 Å². The van der Waals surface area contributed by atoms with Crippen molar-refractivity contribution in [2.75, 3.05) is 5.32 Å². The third-order valence-corrected chi connectivity index (χ3v) is 6.24. The van der Waals surface area contributed by atoms with Gasteiger partial charge in [0, 0.05) is 22.9 Å². The van der Waals surface area contributed by atoms with E-state index in [0.717, 1.165) is 23.8 Å². The number of hydrogen-bond acceptors (Lipinski definition) is 4. The fourth-order valence-corrected chi connectivity index (χ4v) is 4.05. The molecule has 2 aromatic heterocycles. The van der Waals surface area contributed by atoms with Crippen LogP contribution in [0.15, 0.2) is 29.2 Å². The molecule has 1 saturated carbocycles. The summed E-state index contributed by atoms with van der Waals surface area (Å²) in [5.41, 5.74) is 2.43. The predicted octanol–water partition coefficient (Wildman–Crippen LogP) is 5.34. The molecule has 3 aromatic rings. The lowest BCUT2D eigenvalue weighted by Crippen LogP contribution is -2.30. The lowest BCUT2D eigenvalue weighted by Gasteiger charge is -2.21. The number of fused-ring (bicyclic) bond motifs is 1. The van der Waals surface area contributed by atoms with E-state index in [1.165, 1.54) is 6.07 Å². The first-order valence-electron chi connectivity index (χ1n) is 10.2. The van der Waals surface area contributed by atoms with E-state index < -0.39 is 6.43 Å². The van der Waals surface area contributed by atoms with Crippen LogP contribution in [0.2, 0.25) is 0 Å². The summed E-state index contributed by atoms with van der Waals surface area (Å²) in [7, 11) is 0. The predicted molar refractivity (Wildman–Crippen MR) is 114 cm³/mol. The van der Waals surface area contributed by atoms with Crippen molar-refractivity contribution in [3.05, 3.63) is 62.8 Å². The van der Waals surface area contributed by atoms with Crippen molar-refractivity contribution >= 4 is 16.7 Å². The quantitative estimate of drug-likeness (QED) is 0.615. The molecule has 1 atom stereocenters. The van der Waals surface area contributed by atoms with Crippen LogP contribution in [0.5, 0.6) is 0 Å². The molecule has 0 saturated heterocycles. The van der Waals surface area contributed by atoms with Gasteiger partial charge >= 0.3 is 0 Å². The van der Waals surface area contributed by atoms with Crippen LogP contribution in [0.4, 0.5) is 14.6 Å². The van der Waals surface area contributed by atoms with Gasteiger partial charge in [0.1, 0.15) is 11.6 Å². The summed E-state index contributed by atoms with van der Waals surface area (Å²) in [5.74, 6) is 1.15. The first-order chi connectivity index (χ1) is 14.1. The Labute approximate surface area is 174 Å². The first kappa shape index (κ1) is 20.4. The summed E-state index contributed by atoms with van der Waals surface area (Å²) in [4.78, 5) is 22.0. The van der Waals surface area contributed by atoms with Gasteiger partial charge < -0.3 is 9.88 Å². The normalized spacial score (nSPS) is 16.1. The highest BCUT2D eigenvalue weighted by atomic mass is 19.3.